The first-order valence-electron chi connectivity index (χ1n) is 5.71. The summed E-state index contributed by atoms with van der Waals surface area (Å²) in [6.45, 7) is 4.04. The summed E-state index contributed by atoms with van der Waals surface area (Å²) in [5, 5.41) is 10.2. The molecule has 0 aliphatic heterocycles. The number of halogens is 3. The lowest BCUT2D eigenvalue weighted by Gasteiger charge is -2.46. The Balaban J connectivity index is 2.28. The van der Waals surface area contributed by atoms with E-state index in [1.54, 1.807) is 0 Å². The molecule has 0 saturated heterocycles. The Morgan fingerprint density at radius 1 is 1.18 bits per heavy atom. The number of aliphatic hydroxyl groups is 1. The van der Waals surface area contributed by atoms with E-state index in [0.717, 1.165) is 12.1 Å². The van der Waals surface area contributed by atoms with Gasteiger partial charge in [0.25, 0.3) is 0 Å². The summed E-state index contributed by atoms with van der Waals surface area (Å²) in [6, 6.07) is 1.98. The molecule has 1 aromatic carbocycles. The molecule has 1 fully saturated rings. The zero-order valence-electron chi connectivity index (χ0n) is 9.80. The highest BCUT2D eigenvalue weighted by Crippen LogP contribution is 2.49. The maximum absolute atomic E-state index is 13.5. The predicted octanol–water partition coefficient (Wildman–Crippen LogP) is 3.36. The molecule has 0 unspecified atom stereocenters. The van der Waals surface area contributed by atoms with Crippen LogP contribution in [-0.4, -0.2) is 5.11 Å². The minimum atomic E-state index is -1.51. The lowest BCUT2D eigenvalue weighted by atomic mass is 9.63. The van der Waals surface area contributed by atoms with Crippen LogP contribution >= 0.6 is 0 Å². The van der Waals surface area contributed by atoms with Gasteiger partial charge < -0.3 is 5.11 Å². The average molecular weight is 244 g/mol. The second-order valence-corrected chi connectivity index (χ2v) is 5.17. The number of hydrogen-bond donors (Lipinski definition) is 1. The molecule has 0 bridgehead atoms. The van der Waals surface area contributed by atoms with Gasteiger partial charge in [0.1, 0.15) is 0 Å². The maximum atomic E-state index is 13.5. The fraction of sp³-hybridized carbons (Fsp3) is 0.538. The second kappa shape index (κ2) is 4.02. The smallest absolute Gasteiger partial charge is 0.194 e. The van der Waals surface area contributed by atoms with Gasteiger partial charge in [0.15, 0.2) is 17.5 Å². The average Bonchev–Trinajstić information content (AvgIpc) is 2.21. The summed E-state index contributed by atoms with van der Waals surface area (Å²) in [5.74, 6) is -3.32. The van der Waals surface area contributed by atoms with Crippen LogP contribution in [0.25, 0.3) is 0 Å². The maximum Gasteiger partial charge on any atom is 0.194 e. The largest absolute Gasteiger partial charge is 0.385 e. The topological polar surface area (TPSA) is 20.2 Å². The van der Waals surface area contributed by atoms with Crippen LogP contribution in [0.15, 0.2) is 12.1 Å². The third kappa shape index (κ3) is 1.95. The first-order chi connectivity index (χ1) is 7.85. The monoisotopic (exact) mass is 244 g/mol. The minimum Gasteiger partial charge on any atom is -0.385 e. The van der Waals surface area contributed by atoms with Crippen LogP contribution < -0.4 is 0 Å². The van der Waals surface area contributed by atoms with Crippen molar-refractivity contribution in [2.75, 3.05) is 0 Å². The number of rotatable bonds is 2. The molecule has 1 aromatic rings. The van der Waals surface area contributed by atoms with E-state index in [4.69, 9.17) is 0 Å². The van der Waals surface area contributed by atoms with E-state index in [0.29, 0.717) is 24.7 Å². The highest BCUT2D eigenvalue weighted by molar-refractivity contribution is 5.28. The van der Waals surface area contributed by atoms with Crippen molar-refractivity contribution in [3.05, 3.63) is 35.1 Å². The van der Waals surface area contributed by atoms with Gasteiger partial charge >= 0.3 is 0 Å². The molecule has 1 aliphatic carbocycles. The van der Waals surface area contributed by atoms with Crippen LogP contribution in [0.4, 0.5) is 13.2 Å². The van der Waals surface area contributed by atoms with Crippen LogP contribution in [-0.2, 0) is 5.60 Å². The van der Waals surface area contributed by atoms with Crippen LogP contribution in [0, 0.1) is 29.3 Å². The Hall–Kier alpha value is -1.03. The quantitative estimate of drug-likeness (QED) is 0.791. The summed E-state index contributed by atoms with van der Waals surface area (Å²) in [7, 11) is 0. The van der Waals surface area contributed by atoms with Crippen molar-refractivity contribution in [3.63, 3.8) is 0 Å². The first kappa shape index (κ1) is 12.4. The van der Waals surface area contributed by atoms with Crippen molar-refractivity contribution >= 4 is 0 Å². The molecule has 1 aliphatic rings. The molecule has 0 radical (unpaired) electrons. The molecule has 1 saturated carbocycles. The van der Waals surface area contributed by atoms with E-state index in [2.05, 4.69) is 0 Å². The predicted molar refractivity (Wildman–Crippen MR) is 57.8 cm³/mol. The van der Waals surface area contributed by atoms with Crippen molar-refractivity contribution in [2.24, 2.45) is 11.8 Å². The van der Waals surface area contributed by atoms with Gasteiger partial charge in [-0.25, -0.2) is 13.2 Å². The van der Waals surface area contributed by atoms with Gasteiger partial charge in [0.2, 0.25) is 0 Å². The summed E-state index contributed by atoms with van der Waals surface area (Å²) in [6.07, 6.45) is 0.791. The van der Waals surface area contributed by atoms with Crippen molar-refractivity contribution < 1.29 is 18.3 Å². The van der Waals surface area contributed by atoms with E-state index >= 15 is 0 Å². The molecular weight excluding hydrogens is 229 g/mol. The Morgan fingerprint density at radius 2 is 1.76 bits per heavy atom. The third-order valence-corrected chi connectivity index (χ3v) is 3.68. The highest BCUT2D eigenvalue weighted by atomic mass is 19.2. The Bertz CT molecular complexity index is 437. The highest BCUT2D eigenvalue weighted by Gasteiger charge is 2.47. The van der Waals surface area contributed by atoms with Gasteiger partial charge in [0, 0.05) is 5.56 Å². The fourth-order valence-electron chi connectivity index (χ4n) is 2.38. The number of hydrogen-bond acceptors (Lipinski definition) is 1. The molecule has 1 N–H and O–H groups in total. The van der Waals surface area contributed by atoms with E-state index in [9.17, 15) is 18.3 Å². The van der Waals surface area contributed by atoms with E-state index in [1.807, 2.05) is 13.8 Å². The van der Waals surface area contributed by atoms with Gasteiger partial charge in [-0.3, -0.25) is 0 Å². The SMILES string of the molecule is CC(C)C1CC(O)(c2ccc(F)c(F)c2F)C1. The normalized spacial score (nSPS) is 28.3. The van der Waals surface area contributed by atoms with Crippen molar-refractivity contribution in [3.8, 4) is 0 Å². The van der Waals surface area contributed by atoms with Gasteiger partial charge in [-0.15, -0.1) is 0 Å². The molecular formula is C13H15F3O. The van der Waals surface area contributed by atoms with E-state index in [-0.39, 0.29) is 5.56 Å². The zero-order valence-corrected chi connectivity index (χ0v) is 9.80. The molecule has 1 nitrogen and oxygen atoms in total. The number of benzene rings is 1. The molecule has 17 heavy (non-hydrogen) atoms. The standard InChI is InChI=1S/C13H15F3O/c1-7(2)8-5-13(17,6-8)9-3-4-10(14)12(16)11(9)15/h3-4,7-8,17H,5-6H2,1-2H3. The van der Waals surface area contributed by atoms with E-state index in [1.165, 1.54) is 0 Å². The second-order valence-electron chi connectivity index (χ2n) is 5.17. The lowest BCUT2D eigenvalue weighted by Crippen LogP contribution is -2.44. The molecule has 0 amide bonds. The summed E-state index contributed by atoms with van der Waals surface area (Å²) in [4.78, 5) is 0. The molecule has 4 heteroatoms. The van der Waals surface area contributed by atoms with Crippen LogP contribution in [0.3, 0.4) is 0 Å². The van der Waals surface area contributed by atoms with Crippen LogP contribution in [0.1, 0.15) is 32.3 Å². The third-order valence-electron chi connectivity index (χ3n) is 3.68. The first-order valence-corrected chi connectivity index (χ1v) is 5.71. The van der Waals surface area contributed by atoms with Crippen molar-refractivity contribution in [1.82, 2.24) is 0 Å². The Labute approximate surface area is 98.3 Å². The van der Waals surface area contributed by atoms with E-state index < -0.39 is 23.1 Å². The molecule has 94 valence electrons. The van der Waals surface area contributed by atoms with Crippen molar-refractivity contribution in [1.29, 1.82) is 0 Å². The molecule has 0 atom stereocenters. The molecule has 0 spiro atoms. The summed E-state index contributed by atoms with van der Waals surface area (Å²) < 4.78 is 39.4. The Morgan fingerprint density at radius 3 is 2.29 bits per heavy atom. The fourth-order valence-corrected chi connectivity index (χ4v) is 2.38. The van der Waals surface area contributed by atoms with Crippen LogP contribution in [0.5, 0.6) is 0 Å². The van der Waals surface area contributed by atoms with Gasteiger partial charge in [0.05, 0.1) is 5.60 Å². The Kier molecular flexibility index (Phi) is 2.94. The van der Waals surface area contributed by atoms with Gasteiger partial charge in [-0.1, -0.05) is 19.9 Å². The summed E-state index contributed by atoms with van der Waals surface area (Å²) in [5.41, 5.74) is -1.47. The zero-order chi connectivity index (χ0) is 12.8. The summed E-state index contributed by atoms with van der Waals surface area (Å²) >= 11 is 0. The van der Waals surface area contributed by atoms with Gasteiger partial charge in [-0.2, -0.15) is 0 Å². The lowest BCUT2D eigenvalue weighted by molar-refractivity contribution is -0.0960. The molecule has 2 rings (SSSR count). The van der Waals surface area contributed by atoms with Gasteiger partial charge in [-0.05, 0) is 30.7 Å². The molecule has 0 heterocycles. The van der Waals surface area contributed by atoms with Crippen molar-refractivity contribution in [2.45, 2.75) is 32.3 Å². The van der Waals surface area contributed by atoms with Crippen LogP contribution in [0.2, 0.25) is 0 Å². The molecule has 0 aromatic heterocycles. The minimum absolute atomic E-state index is 0.131.